The van der Waals surface area contributed by atoms with Crippen LogP contribution < -0.4 is 5.73 Å². The standard InChI is InChI=1S/C10H11N5O/c1-6-5-7(2)15(14-6)9-4-3-8(10(11)16)12-13-9/h3-5H,1-2H3,(H2,11,16). The predicted octanol–water partition coefficient (Wildman–Crippen LogP) is 0.378. The monoisotopic (exact) mass is 217 g/mol. The molecule has 0 aliphatic carbocycles. The fraction of sp³-hybridized carbons (Fsp3) is 0.200. The van der Waals surface area contributed by atoms with E-state index >= 15 is 0 Å². The van der Waals surface area contributed by atoms with Crippen LogP contribution in [0.15, 0.2) is 18.2 Å². The number of nitrogens with zero attached hydrogens (tertiary/aromatic N) is 4. The van der Waals surface area contributed by atoms with E-state index in [9.17, 15) is 4.79 Å². The van der Waals surface area contributed by atoms with Gasteiger partial charge in [0.05, 0.1) is 5.69 Å². The summed E-state index contributed by atoms with van der Waals surface area (Å²) in [5.74, 6) is -0.0250. The Hall–Kier alpha value is -2.24. The summed E-state index contributed by atoms with van der Waals surface area (Å²) in [5, 5.41) is 11.9. The van der Waals surface area contributed by atoms with Crippen molar-refractivity contribution in [2.45, 2.75) is 13.8 Å². The van der Waals surface area contributed by atoms with Crippen molar-refractivity contribution >= 4 is 5.91 Å². The highest BCUT2D eigenvalue weighted by Crippen LogP contribution is 2.08. The summed E-state index contributed by atoms with van der Waals surface area (Å²) < 4.78 is 1.66. The van der Waals surface area contributed by atoms with E-state index in [2.05, 4.69) is 15.3 Å². The highest BCUT2D eigenvalue weighted by molar-refractivity contribution is 5.90. The van der Waals surface area contributed by atoms with E-state index in [1.165, 1.54) is 6.07 Å². The van der Waals surface area contributed by atoms with Gasteiger partial charge in [-0.2, -0.15) is 5.10 Å². The zero-order chi connectivity index (χ0) is 11.7. The molecule has 0 bridgehead atoms. The van der Waals surface area contributed by atoms with Crippen LogP contribution in [0.25, 0.3) is 5.82 Å². The molecule has 6 nitrogen and oxygen atoms in total. The highest BCUT2D eigenvalue weighted by atomic mass is 16.1. The summed E-state index contributed by atoms with van der Waals surface area (Å²) in [7, 11) is 0. The fourth-order valence-corrected chi connectivity index (χ4v) is 1.43. The zero-order valence-corrected chi connectivity index (χ0v) is 9.01. The van der Waals surface area contributed by atoms with E-state index in [4.69, 9.17) is 5.73 Å². The molecule has 0 saturated carbocycles. The van der Waals surface area contributed by atoms with Crippen LogP contribution in [-0.4, -0.2) is 25.9 Å². The van der Waals surface area contributed by atoms with Crippen LogP contribution in [0.3, 0.4) is 0 Å². The van der Waals surface area contributed by atoms with E-state index < -0.39 is 5.91 Å². The molecule has 0 saturated heterocycles. The maximum atomic E-state index is 10.8. The molecule has 2 rings (SSSR count). The van der Waals surface area contributed by atoms with Crippen molar-refractivity contribution in [1.29, 1.82) is 0 Å². The number of carbonyl (C=O) groups is 1. The Labute approximate surface area is 92.1 Å². The minimum atomic E-state index is -0.590. The third-order valence-electron chi connectivity index (χ3n) is 2.13. The minimum Gasteiger partial charge on any atom is -0.364 e. The first kappa shape index (κ1) is 10.3. The normalized spacial score (nSPS) is 10.4. The first-order valence-electron chi connectivity index (χ1n) is 4.75. The second-order valence-electron chi connectivity index (χ2n) is 3.48. The Balaban J connectivity index is 2.42. The first-order chi connectivity index (χ1) is 7.58. The quantitative estimate of drug-likeness (QED) is 0.787. The van der Waals surface area contributed by atoms with Crippen molar-refractivity contribution in [3.63, 3.8) is 0 Å². The number of rotatable bonds is 2. The number of carbonyl (C=O) groups excluding carboxylic acids is 1. The Morgan fingerprint density at radius 2 is 2.06 bits per heavy atom. The molecular weight excluding hydrogens is 206 g/mol. The lowest BCUT2D eigenvalue weighted by molar-refractivity contribution is 0.0994. The SMILES string of the molecule is Cc1cc(C)n(-c2ccc(C(N)=O)nn2)n1. The molecule has 0 radical (unpaired) electrons. The van der Waals surface area contributed by atoms with E-state index in [0.717, 1.165) is 11.4 Å². The number of amides is 1. The van der Waals surface area contributed by atoms with Crippen LogP contribution in [0.4, 0.5) is 0 Å². The largest absolute Gasteiger partial charge is 0.364 e. The van der Waals surface area contributed by atoms with Gasteiger partial charge in [0.15, 0.2) is 11.5 Å². The van der Waals surface area contributed by atoms with Gasteiger partial charge in [0, 0.05) is 5.69 Å². The molecule has 6 heteroatoms. The molecule has 0 aliphatic heterocycles. The Bertz CT molecular complexity index is 529. The molecule has 16 heavy (non-hydrogen) atoms. The van der Waals surface area contributed by atoms with Crippen molar-refractivity contribution < 1.29 is 4.79 Å². The van der Waals surface area contributed by atoms with Crippen molar-refractivity contribution in [3.8, 4) is 5.82 Å². The van der Waals surface area contributed by atoms with E-state index in [1.54, 1.807) is 10.7 Å². The predicted molar refractivity (Wildman–Crippen MR) is 57.1 cm³/mol. The molecule has 2 N–H and O–H groups in total. The minimum absolute atomic E-state index is 0.144. The van der Waals surface area contributed by atoms with Gasteiger partial charge in [0.1, 0.15) is 0 Å². The third kappa shape index (κ3) is 1.77. The van der Waals surface area contributed by atoms with Gasteiger partial charge >= 0.3 is 0 Å². The van der Waals surface area contributed by atoms with Crippen LogP contribution in [0.1, 0.15) is 21.9 Å². The van der Waals surface area contributed by atoms with Crippen molar-refractivity contribution in [2.24, 2.45) is 5.73 Å². The third-order valence-corrected chi connectivity index (χ3v) is 2.13. The number of hydrogen-bond donors (Lipinski definition) is 1. The molecule has 0 aliphatic rings. The zero-order valence-electron chi connectivity index (χ0n) is 9.01. The summed E-state index contributed by atoms with van der Waals surface area (Å²) in [6, 6.07) is 5.12. The average Bonchev–Trinajstić information content (AvgIpc) is 2.58. The Kier molecular flexibility index (Phi) is 2.40. The molecule has 1 amide bonds. The number of aryl methyl sites for hydroxylation is 2. The lowest BCUT2D eigenvalue weighted by Crippen LogP contribution is -2.14. The summed E-state index contributed by atoms with van der Waals surface area (Å²) >= 11 is 0. The number of primary amides is 1. The lowest BCUT2D eigenvalue weighted by Gasteiger charge is -2.02. The van der Waals surface area contributed by atoms with Crippen LogP contribution >= 0.6 is 0 Å². The molecule has 2 aromatic rings. The van der Waals surface area contributed by atoms with E-state index in [-0.39, 0.29) is 5.69 Å². The van der Waals surface area contributed by atoms with Gasteiger partial charge in [-0.1, -0.05) is 0 Å². The second kappa shape index (κ2) is 3.73. The topological polar surface area (TPSA) is 86.7 Å². The van der Waals surface area contributed by atoms with Gasteiger partial charge in [-0.3, -0.25) is 4.79 Å². The van der Waals surface area contributed by atoms with Gasteiger partial charge in [-0.25, -0.2) is 4.68 Å². The van der Waals surface area contributed by atoms with Crippen LogP contribution in [-0.2, 0) is 0 Å². The van der Waals surface area contributed by atoms with Crippen molar-refractivity contribution in [1.82, 2.24) is 20.0 Å². The van der Waals surface area contributed by atoms with Crippen LogP contribution in [0.5, 0.6) is 0 Å². The highest BCUT2D eigenvalue weighted by Gasteiger charge is 2.07. The molecule has 0 unspecified atom stereocenters. The number of nitrogens with two attached hydrogens (primary N) is 1. The van der Waals surface area contributed by atoms with Crippen molar-refractivity contribution in [3.05, 3.63) is 35.3 Å². The molecule has 0 aromatic carbocycles. The van der Waals surface area contributed by atoms with Crippen molar-refractivity contribution in [2.75, 3.05) is 0 Å². The van der Waals surface area contributed by atoms with Crippen LogP contribution in [0, 0.1) is 13.8 Å². The Morgan fingerprint density at radius 1 is 1.31 bits per heavy atom. The van der Waals surface area contributed by atoms with Gasteiger partial charge in [0.25, 0.3) is 5.91 Å². The lowest BCUT2D eigenvalue weighted by atomic mass is 10.3. The van der Waals surface area contributed by atoms with Gasteiger partial charge in [0.2, 0.25) is 0 Å². The molecule has 0 spiro atoms. The molecule has 2 aromatic heterocycles. The molecule has 2 heterocycles. The summed E-state index contributed by atoms with van der Waals surface area (Å²) in [4.78, 5) is 10.8. The van der Waals surface area contributed by atoms with Gasteiger partial charge in [-0.15, -0.1) is 10.2 Å². The maximum absolute atomic E-state index is 10.8. The second-order valence-corrected chi connectivity index (χ2v) is 3.48. The molecule has 0 fully saturated rings. The van der Waals surface area contributed by atoms with Gasteiger partial charge in [-0.05, 0) is 32.0 Å². The average molecular weight is 217 g/mol. The molecule has 0 atom stereocenters. The smallest absolute Gasteiger partial charge is 0.269 e. The maximum Gasteiger partial charge on any atom is 0.269 e. The Morgan fingerprint density at radius 3 is 2.50 bits per heavy atom. The summed E-state index contributed by atoms with van der Waals surface area (Å²) in [6.07, 6.45) is 0. The molecule has 82 valence electrons. The first-order valence-corrected chi connectivity index (χ1v) is 4.75. The van der Waals surface area contributed by atoms with Gasteiger partial charge < -0.3 is 5.73 Å². The number of aromatic nitrogens is 4. The van der Waals surface area contributed by atoms with E-state index in [1.807, 2.05) is 19.9 Å². The van der Waals surface area contributed by atoms with Crippen LogP contribution in [0.2, 0.25) is 0 Å². The van der Waals surface area contributed by atoms with E-state index in [0.29, 0.717) is 5.82 Å². The fourth-order valence-electron chi connectivity index (χ4n) is 1.43. The molecular formula is C10H11N5O. The number of hydrogen-bond acceptors (Lipinski definition) is 4. The summed E-state index contributed by atoms with van der Waals surface area (Å²) in [6.45, 7) is 3.82. The summed E-state index contributed by atoms with van der Waals surface area (Å²) in [5.41, 5.74) is 7.07.